The molecule has 1 aromatic heterocycles. The summed E-state index contributed by atoms with van der Waals surface area (Å²) in [4.78, 5) is 8.64. The van der Waals surface area contributed by atoms with Crippen LogP contribution in [0.1, 0.15) is 32.3 Å². The van der Waals surface area contributed by atoms with Gasteiger partial charge in [-0.25, -0.2) is 9.97 Å². The molecule has 21 heavy (non-hydrogen) atoms. The van der Waals surface area contributed by atoms with Gasteiger partial charge in [0.05, 0.1) is 5.56 Å². The van der Waals surface area contributed by atoms with E-state index in [9.17, 15) is 0 Å². The highest BCUT2D eigenvalue weighted by molar-refractivity contribution is 9.10. The normalized spacial score (nSPS) is 10.4. The third kappa shape index (κ3) is 4.43. The largest absolute Gasteiger partial charge is 0.439 e. The molecule has 0 fully saturated rings. The molecule has 0 aliphatic heterocycles. The van der Waals surface area contributed by atoms with E-state index in [0.29, 0.717) is 5.88 Å². The molecule has 0 saturated carbocycles. The van der Waals surface area contributed by atoms with Gasteiger partial charge in [0.2, 0.25) is 5.88 Å². The van der Waals surface area contributed by atoms with E-state index in [1.165, 1.54) is 0 Å². The third-order valence-corrected chi connectivity index (χ3v) is 3.51. The standard InChI is InChI=1S/C16H20BrN3O/c1-3-5-14-15(18-10-4-2)19-11-20-16(14)21-13-8-6-12(17)7-9-13/h6-9,11H,3-5,10H2,1-2H3,(H,18,19,20). The molecule has 112 valence electrons. The van der Waals surface area contributed by atoms with Crippen LogP contribution in [0.4, 0.5) is 5.82 Å². The van der Waals surface area contributed by atoms with Gasteiger partial charge in [-0.05, 0) is 37.1 Å². The van der Waals surface area contributed by atoms with Crippen molar-refractivity contribution in [1.29, 1.82) is 0 Å². The number of hydrogen-bond donors (Lipinski definition) is 1. The van der Waals surface area contributed by atoms with Gasteiger partial charge in [0.1, 0.15) is 17.9 Å². The smallest absolute Gasteiger partial charge is 0.227 e. The molecule has 0 atom stereocenters. The first-order valence-corrected chi connectivity index (χ1v) is 8.05. The van der Waals surface area contributed by atoms with Crippen LogP contribution in [0.3, 0.4) is 0 Å². The van der Waals surface area contributed by atoms with Gasteiger partial charge in [0, 0.05) is 11.0 Å². The molecule has 1 heterocycles. The zero-order chi connectivity index (χ0) is 15.1. The summed E-state index contributed by atoms with van der Waals surface area (Å²) in [6.45, 7) is 5.17. The molecule has 0 aliphatic rings. The lowest BCUT2D eigenvalue weighted by Crippen LogP contribution is -2.07. The number of nitrogens with zero attached hydrogens (tertiary/aromatic N) is 2. The van der Waals surface area contributed by atoms with E-state index in [-0.39, 0.29) is 0 Å². The zero-order valence-electron chi connectivity index (χ0n) is 12.4. The Kier molecular flexibility index (Phi) is 5.99. The molecule has 0 radical (unpaired) electrons. The third-order valence-electron chi connectivity index (χ3n) is 2.98. The monoisotopic (exact) mass is 349 g/mol. The van der Waals surface area contributed by atoms with Gasteiger partial charge in [-0.15, -0.1) is 0 Å². The Balaban J connectivity index is 2.26. The minimum Gasteiger partial charge on any atom is -0.439 e. The second kappa shape index (κ2) is 7.98. The number of aromatic nitrogens is 2. The van der Waals surface area contributed by atoms with E-state index in [0.717, 1.165) is 47.4 Å². The van der Waals surface area contributed by atoms with Crippen LogP contribution in [0.2, 0.25) is 0 Å². The van der Waals surface area contributed by atoms with Crippen molar-refractivity contribution < 1.29 is 4.74 Å². The maximum atomic E-state index is 5.93. The lowest BCUT2D eigenvalue weighted by atomic mass is 10.1. The predicted molar refractivity (Wildman–Crippen MR) is 89.0 cm³/mol. The highest BCUT2D eigenvalue weighted by Gasteiger charge is 2.12. The van der Waals surface area contributed by atoms with Crippen LogP contribution in [0.15, 0.2) is 35.1 Å². The van der Waals surface area contributed by atoms with Crippen LogP contribution < -0.4 is 10.1 Å². The average molecular weight is 350 g/mol. The fourth-order valence-electron chi connectivity index (χ4n) is 1.97. The number of anilines is 1. The van der Waals surface area contributed by atoms with E-state index < -0.39 is 0 Å². The van der Waals surface area contributed by atoms with Crippen LogP contribution in [0.5, 0.6) is 11.6 Å². The SMILES string of the molecule is CCCNc1ncnc(Oc2ccc(Br)cc2)c1CCC. The Bertz CT molecular complexity index is 572. The van der Waals surface area contributed by atoms with E-state index in [4.69, 9.17) is 4.74 Å². The quantitative estimate of drug-likeness (QED) is 0.779. The molecule has 0 unspecified atom stereocenters. The predicted octanol–water partition coefficient (Wildman–Crippen LogP) is 4.81. The maximum absolute atomic E-state index is 5.93. The molecular weight excluding hydrogens is 330 g/mol. The van der Waals surface area contributed by atoms with Crippen molar-refractivity contribution in [2.75, 3.05) is 11.9 Å². The Morgan fingerprint density at radius 3 is 2.52 bits per heavy atom. The first-order valence-electron chi connectivity index (χ1n) is 7.25. The number of ether oxygens (including phenoxy) is 1. The molecule has 0 saturated heterocycles. The molecule has 0 aliphatic carbocycles. The summed E-state index contributed by atoms with van der Waals surface area (Å²) >= 11 is 3.42. The number of benzene rings is 1. The molecule has 0 amide bonds. The highest BCUT2D eigenvalue weighted by Crippen LogP contribution is 2.28. The molecule has 1 aromatic carbocycles. The van der Waals surface area contributed by atoms with Crippen LogP contribution in [0, 0.1) is 0 Å². The molecule has 5 heteroatoms. The van der Waals surface area contributed by atoms with Gasteiger partial charge in [0.15, 0.2) is 0 Å². The van der Waals surface area contributed by atoms with Gasteiger partial charge in [-0.3, -0.25) is 0 Å². The highest BCUT2D eigenvalue weighted by atomic mass is 79.9. The number of rotatable bonds is 7. The molecule has 1 N–H and O–H groups in total. The first-order chi connectivity index (χ1) is 10.2. The van der Waals surface area contributed by atoms with Gasteiger partial charge in [-0.1, -0.05) is 36.2 Å². The maximum Gasteiger partial charge on any atom is 0.227 e. The van der Waals surface area contributed by atoms with Crippen molar-refractivity contribution in [3.8, 4) is 11.6 Å². The van der Waals surface area contributed by atoms with Gasteiger partial charge in [0.25, 0.3) is 0 Å². The summed E-state index contributed by atoms with van der Waals surface area (Å²) in [5.41, 5.74) is 1.04. The van der Waals surface area contributed by atoms with Gasteiger partial charge in [-0.2, -0.15) is 0 Å². The van der Waals surface area contributed by atoms with Crippen molar-refractivity contribution in [3.05, 3.63) is 40.6 Å². The number of halogens is 1. The molecule has 2 aromatic rings. The molecule has 0 bridgehead atoms. The molecule has 0 spiro atoms. The summed E-state index contributed by atoms with van der Waals surface area (Å²) in [6.07, 6.45) is 4.51. The first kappa shape index (κ1) is 15.8. The molecule has 2 rings (SSSR count). The van der Waals surface area contributed by atoms with Gasteiger partial charge >= 0.3 is 0 Å². The van der Waals surface area contributed by atoms with Crippen LogP contribution in [-0.4, -0.2) is 16.5 Å². The molecule has 4 nitrogen and oxygen atoms in total. The topological polar surface area (TPSA) is 47.0 Å². The van der Waals surface area contributed by atoms with Crippen molar-refractivity contribution in [3.63, 3.8) is 0 Å². The number of hydrogen-bond acceptors (Lipinski definition) is 4. The summed E-state index contributed by atoms with van der Waals surface area (Å²) in [5, 5.41) is 3.34. The fourth-order valence-corrected chi connectivity index (χ4v) is 2.23. The van der Waals surface area contributed by atoms with Crippen LogP contribution >= 0.6 is 15.9 Å². The average Bonchev–Trinajstić information content (AvgIpc) is 2.50. The summed E-state index contributed by atoms with van der Waals surface area (Å²) < 4.78 is 6.95. The number of nitrogens with one attached hydrogen (secondary N) is 1. The Labute approximate surface area is 134 Å². The Hall–Kier alpha value is -1.62. The van der Waals surface area contributed by atoms with E-state index in [1.807, 2.05) is 24.3 Å². The lowest BCUT2D eigenvalue weighted by molar-refractivity contribution is 0.454. The Morgan fingerprint density at radius 2 is 1.86 bits per heavy atom. The summed E-state index contributed by atoms with van der Waals surface area (Å²) in [5.74, 6) is 2.28. The van der Waals surface area contributed by atoms with E-state index in [1.54, 1.807) is 6.33 Å². The van der Waals surface area contributed by atoms with E-state index >= 15 is 0 Å². The van der Waals surface area contributed by atoms with Crippen LogP contribution in [-0.2, 0) is 6.42 Å². The van der Waals surface area contributed by atoms with Crippen molar-refractivity contribution >= 4 is 21.7 Å². The van der Waals surface area contributed by atoms with Crippen LogP contribution in [0.25, 0.3) is 0 Å². The fraction of sp³-hybridized carbons (Fsp3) is 0.375. The second-order valence-corrected chi connectivity index (χ2v) is 5.65. The zero-order valence-corrected chi connectivity index (χ0v) is 14.0. The minimum absolute atomic E-state index is 0.632. The molecular formula is C16H20BrN3O. The summed E-state index contributed by atoms with van der Waals surface area (Å²) in [6, 6.07) is 7.74. The van der Waals surface area contributed by atoms with Crippen molar-refractivity contribution in [2.45, 2.75) is 33.1 Å². The van der Waals surface area contributed by atoms with Crippen molar-refractivity contribution in [1.82, 2.24) is 9.97 Å². The van der Waals surface area contributed by atoms with Gasteiger partial charge < -0.3 is 10.1 Å². The second-order valence-electron chi connectivity index (χ2n) is 4.74. The van der Waals surface area contributed by atoms with E-state index in [2.05, 4.69) is 45.1 Å². The summed E-state index contributed by atoms with van der Waals surface area (Å²) in [7, 11) is 0. The van der Waals surface area contributed by atoms with Crippen molar-refractivity contribution in [2.24, 2.45) is 0 Å². The minimum atomic E-state index is 0.632. The lowest BCUT2D eigenvalue weighted by Gasteiger charge is -2.14. The Morgan fingerprint density at radius 1 is 1.10 bits per heavy atom.